The summed E-state index contributed by atoms with van der Waals surface area (Å²) in [6.45, 7) is 2.44. The van der Waals surface area contributed by atoms with Gasteiger partial charge in [0.15, 0.2) is 0 Å². The molecule has 0 aromatic rings. The van der Waals surface area contributed by atoms with Crippen LogP contribution < -0.4 is 0 Å². The summed E-state index contributed by atoms with van der Waals surface area (Å²) in [6, 6.07) is 0. The highest BCUT2D eigenvalue weighted by Crippen LogP contribution is 2.74. The molecule has 5 saturated carbocycles. The molecule has 0 aliphatic heterocycles. The largest absolute Gasteiger partial charge is 0.0619 e. The number of rotatable bonds is 0. The van der Waals surface area contributed by atoms with Gasteiger partial charge >= 0.3 is 0 Å². The molecule has 0 radical (unpaired) electrons. The fourth-order valence-corrected chi connectivity index (χ4v) is 3.68. The van der Waals surface area contributed by atoms with E-state index in [9.17, 15) is 0 Å². The van der Waals surface area contributed by atoms with Crippen LogP contribution in [-0.4, -0.2) is 0 Å². The van der Waals surface area contributed by atoms with Crippen LogP contribution >= 0.6 is 0 Å². The van der Waals surface area contributed by atoms with Crippen molar-refractivity contribution in [2.75, 3.05) is 0 Å². The minimum atomic E-state index is 1.15. The zero-order valence-corrected chi connectivity index (χ0v) is 5.30. The van der Waals surface area contributed by atoms with E-state index in [4.69, 9.17) is 0 Å². The Bertz CT molecular complexity index is 115. The Morgan fingerprint density at radius 2 is 1.50 bits per heavy atom. The van der Waals surface area contributed by atoms with Crippen molar-refractivity contribution < 1.29 is 0 Å². The first-order chi connectivity index (χ1) is 3.89. The molecule has 0 N–H and O–H groups in total. The Labute approximate surface area is 50.3 Å². The van der Waals surface area contributed by atoms with E-state index in [2.05, 4.69) is 6.92 Å². The maximum absolute atomic E-state index is 2.44. The topological polar surface area (TPSA) is 0 Å². The number of hydrogen-bond donors (Lipinski definition) is 0. The van der Waals surface area contributed by atoms with Gasteiger partial charge in [-0.05, 0) is 42.4 Å². The van der Waals surface area contributed by atoms with E-state index in [0.717, 1.165) is 5.92 Å². The molecule has 5 rings (SSSR count). The van der Waals surface area contributed by atoms with Crippen LogP contribution in [0.25, 0.3) is 0 Å². The summed E-state index contributed by atoms with van der Waals surface area (Å²) in [4.78, 5) is 0. The van der Waals surface area contributed by atoms with Crippen LogP contribution in [0.1, 0.15) is 19.8 Å². The summed E-state index contributed by atoms with van der Waals surface area (Å²) in [5, 5.41) is 0. The molecule has 5 aliphatic carbocycles. The van der Waals surface area contributed by atoms with E-state index < -0.39 is 0 Å². The minimum Gasteiger partial charge on any atom is -0.0619 e. The maximum atomic E-state index is 2.44. The van der Waals surface area contributed by atoms with Crippen molar-refractivity contribution in [3.05, 3.63) is 0 Å². The molecule has 0 unspecified atom stereocenters. The molecule has 0 atom stereocenters. The molecule has 0 saturated heterocycles. The molecule has 0 spiro atoms. The Morgan fingerprint density at radius 3 is 1.75 bits per heavy atom. The molecule has 0 nitrogen and oxygen atoms in total. The summed E-state index contributed by atoms with van der Waals surface area (Å²) < 4.78 is 0. The third-order valence-corrected chi connectivity index (χ3v) is 4.03. The lowest BCUT2D eigenvalue weighted by Gasteiger charge is -2.64. The zero-order valence-electron chi connectivity index (χ0n) is 5.30. The van der Waals surface area contributed by atoms with Gasteiger partial charge in [0, 0.05) is 0 Å². The van der Waals surface area contributed by atoms with Crippen LogP contribution in [0.15, 0.2) is 0 Å². The van der Waals surface area contributed by atoms with E-state index in [1.165, 1.54) is 23.7 Å². The molecular formula is C8H12. The van der Waals surface area contributed by atoms with Crippen molar-refractivity contribution in [2.24, 2.45) is 29.6 Å². The van der Waals surface area contributed by atoms with Gasteiger partial charge in [-0.1, -0.05) is 6.92 Å². The van der Waals surface area contributed by atoms with Gasteiger partial charge in [0.05, 0.1) is 0 Å². The van der Waals surface area contributed by atoms with Crippen molar-refractivity contribution in [3.63, 3.8) is 0 Å². The number of fused-ring (bicyclic) bond motifs is 1. The first-order valence-corrected chi connectivity index (χ1v) is 3.89. The Hall–Kier alpha value is 0. The zero-order chi connectivity index (χ0) is 5.30. The summed E-state index contributed by atoms with van der Waals surface area (Å²) in [5.41, 5.74) is 0. The van der Waals surface area contributed by atoms with Crippen LogP contribution in [0.4, 0.5) is 0 Å². The second kappa shape index (κ2) is 0.872. The molecule has 0 heteroatoms. The first kappa shape index (κ1) is 3.92. The average molecular weight is 108 g/mol. The predicted molar refractivity (Wildman–Crippen MR) is 32.4 cm³/mol. The molecule has 8 heavy (non-hydrogen) atoms. The summed E-state index contributed by atoms with van der Waals surface area (Å²) in [6.07, 6.45) is 3.18. The molecule has 5 fully saturated rings. The molecule has 0 aromatic carbocycles. The summed E-state index contributed by atoms with van der Waals surface area (Å²) in [7, 11) is 0. The predicted octanol–water partition coefficient (Wildman–Crippen LogP) is 1.91. The van der Waals surface area contributed by atoms with Crippen LogP contribution in [0, 0.1) is 29.6 Å². The van der Waals surface area contributed by atoms with Crippen molar-refractivity contribution in [1.82, 2.24) is 0 Å². The average Bonchev–Trinajstić information content (AvgIpc) is 2.14. The van der Waals surface area contributed by atoms with Crippen LogP contribution in [0.5, 0.6) is 0 Å². The quantitative estimate of drug-likeness (QED) is 0.444. The Morgan fingerprint density at radius 1 is 1.00 bits per heavy atom. The standard InChI is InChI=1S/C8H12/c1-4-7-5-2-3-6(7)8(4)5/h4-8H,2-3H2,1H3. The molecule has 5 aliphatic rings. The van der Waals surface area contributed by atoms with E-state index in [1.54, 1.807) is 12.8 Å². The first-order valence-electron chi connectivity index (χ1n) is 3.89. The summed E-state index contributed by atoms with van der Waals surface area (Å²) in [5.74, 6) is 6.05. The summed E-state index contributed by atoms with van der Waals surface area (Å²) >= 11 is 0. The third kappa shape index (κ3) is 0.178. The Kier molecular flexibility index (Phi) is 0.427. The van der Waals surface area contributed by atoms with Crippen LogP contribution in [0.3, 0.4) is 0 Å². The van der Waals surface area contributed by atoms with Gasteiger partial charge in [0.25, 0.3) is 0 Å². The van der Waals surface area contributed by atoms with Gasteiger partial charge in [-0.15, -0.1) is 0 Å². The molecule has 4 bridgehead atoms. The minimum absolute atomic E-state index is 1.15. The third-order valence-electron chi connectivity index (χ3n) is 4.03. The molecule has 44 valence electrons. The lowest BCUT2D eigenvalue weighted by atomic mass is 9.40. The highest BCUT2D eigenvalue weighted by molar-refractivity contribution is 5.17. The lowest BCUT2D eigenvalue weighted by Crippen LogP contribution is -2.60. The molecule has 0 amide bonds. The van der Waals surface area contributed by atoms with E-state index in [0.29, 0.717) is 0 Å². The molecular weight excluding hydrogens is 96.1 g/mol. The van der Waals surface area contributed by atoms with E-state index in [1.807, 2.05) is 0 Å². The van der Waals surface area contributed by atoms with Crippen molar-refractivity contribution >= 4 is 0 Å². The SMILES string of the molecule is CC1C2C3CCC2C13. The molecule has 0 heterocycles. The van der Waals surface area contributed by atoms with Gasteiger partial charge in [0.2, 0.25) is 0 Å². The second-order valence-electron chi connectivity index (χ2n) is 3.92. The van der Waals surface area contributed by atoms with Gasteiger partial charge in [0.1, 0.15) is 0 Å². The lowest BCUT2D eigenvalue weighted by molar-refractivity contribution is -0.173. The molecule has 0 aromatic heterocycles. The van der Waals surface area contributed by atoms with Gasteiger partial charge in [-0.25, -0.2) is 0 Å². The van der Waals surface area contributed by atoms with E-state index in [-0.39, 0.29) is 0 Å². The second-order valence-corrected chi connectivity index (χ2v) is 3.92. The smallest absolute Gasteiger partial charge is 0.0323 e. The van der Waals surface area contributed by atoms with Gasteiger partial charge in [-0.2, -0.15) is 0 Å². The fourth-order valence-electron chi connectivity index (χ4n) is 3.68. The Balaban J connectivity index is 1.99. The van der Waals surface area contributed by atoms with Crippen LogP contribution in [-0.2, 0) is 0 Å². The highest BCUT2D eigenvalue weighted by Gasteiger charge is 2.69. The van der Waals surface area contributed by atoms with Crippen molar-refractivity contribution in [3.8, 4) is 0 Å². The highest BCUT2D eigenvalue weighted by atomic mass is 14.7. The van der Waals surface area contributed by atoms with Crippen molar-refractivity contribution in [2.45, 2.75) is 19.8 Å². The fraction of sp³-hybridized carbons (Fsp3) is 1.00. The van der Waals surface area contributed by atoms with Crippen LogP contribution in [0.2, 0.25) is 0 Å². The maximum Gasteiger partial charge on any atom is -0.0323 e. The van der Waals surface area contributed by atoms with E-state index >= 15 is 0 Å². The van der Waals surface area contributed by atoms with Gasteiger partial charge < -0.3 is 0 Å². The monoisotopic (exact) mass is 108 g/mol. The van der Waals surface area contributed by atoms with Crippen molar-refractivity contribution in [1.29, 1.82) is 0 Å². The normalized spacial score (nSPS) is 73.9. The number of hydrogen-bond acceptors (Lipinski definition) is 0. The van der Waals surface area contributed by atoms with Gasteiger partial charge in [-0.3, -0.25) is 0 Å².